The Bertz CT molecular complexity index is 1620. The molecule has 4 rings (SSSR count). The minimum Gasteiger partial charge on any atom is -0.350 e. The number of anilines is 1. The van der Waals surface area contributed by atoms with Crippen molar-refractivity contribution < 1.29 is 18.0 Å². The van der Waals surface area contributed by atoms with Gasteiger partial charge in [0, 0.05) is 18.5 Å². The van der Waals surface area contributed by atoms with Crippen molar-refractivity contribution in [2.24, 2.45) is 0 Å². The average molecular weight is 598 g/mol. The van der Waals surface area contributed by atoms with Crippen molar-refractivity contribution in [3.8, 4) is 0 Å². The van der Waals surface area contributed by atoms with Crippen molar-refractivity contribution in [3.05, 3.63) is 132 Å². The van der Waals surface area contributed by atoms with Gasteiger partial charge in [-0.05, 0) is 68.7 Å². The summed E-state index contributed by atoms with van der Waals surface area (Å²) in [4.78, 5) is 30.0. The number of para-hydroxylation sites is 1. The Morgan fingerprint density at radius 3 is 1.88 bits per heavy atom. The highest BCUT2D eigenvalue weighted by atomic mass is 32.2. The summed E-state index contributed by atoms with van der Waals surface area (Å²) in [5.41, 5.74) is 2.53. The topological polar surface area (TPSA) is 86.8 Å². The first-order valence-electron chi connectivity index (χ1n) is 14.3. The Kier molecular flexibility index (Phi) is 10.0. The van der Waals surface area contributed by atoms with Crippen LogP contribution in [0.25, 0.3) is 0 Å². The molecular formula is C35H39N3O4S. The van der Waals surface area contributed by atoms with Crippen molar-refractivity contribution in [1.29, 1.82) is 0 Å². The molecule has 0 bridgehead atoms. The highest BCUT2D eigenvalue weighted by Gasteiger charge is 2.35. The zero-order chi connectivity index (χ0) is 31.0. The smallest absolute Gasteiger partial charge is 0.264 e. The van der Waals surface area contributed by atoms with Gasteiger partial charge in [-0.2, -0.15) is 0 Å². The molecule has 43 heavy (non-hydrogen) atoms. The maximum Gasteiger partial charge on any atom is 0.264 e. The standard InChI is InChI=1S/C35H39N3O4S/c1-27-16-14-15-19-29(27)25-37(32(34(40)36-35(2,3)4)24-28-17-8-5-9-18-28)33(39)26-38(30-20-10-6-11-21-30)43(41,42)31-22-12-7-13-23-31/h5-23,32H,24-26H2,1-4H3,(H,36,40)/t32-/m1/s1. The normalized spacial score (nSPS) is 12.3. The predicted octanol–water partition coefficient (Wildman–Crippen LogP) is 5.75. The molecule has 0 aliphatic rings. The molecule has 7 nitrogen and oxygen atoms in total. The zero-order valence-electron chi connectivity index (χ0n) is 25.1. The van der Waals surface area contributed by atoms with Crippen LogP contribution in [-0.2, 0) is 32.6 Å². The van der Waals surface area contributed by atoms with Crippen LogP contribution in [0.3, 0.4) is 0 Å². The molecule has 0 fully saturated rings. The summed E-state index contributed by atoms with van der Waals surface area (Å²) < 4.78 is 29.0. The van der Waals surface area contributed by atoms with Crippen LogP contribution in [0.1, 0.15) is 37.5 Å². The van der Waals surface area contributed by atoms with Gasteiger partial charge in [0.25, 0.3) is 10.0 Å². The van der Waals surface area contributed by atoms with Gasteiger partial charge >= 0.3 is 0 Å². The van der Waals surface area contributed by atoms with E-state index < -0.39 is 34.1 Å². The molecule has 1 atom stereocenters. The van der Waals surface area contributed by atoms with E-state index in [1.807, 2.05) is 82.3 Å². The lowest BCUT2D eigenvalue weighted by molar-refractivity contribution is -0.140. The van der Waals surface area contributed by atoms with Gasteiger partial charge in [-0.1, -0.05) is 91.0 Å². The van der Waals surface area contributed by atoms with Gasteiger partial charge in [0.15, 0.2) is 0 Å². The van der Waals surface area contributed by atoms with E-state index in [-0.39, 0.29) is 23.8 Å². The van der Waals surface area contributed by atoms with Gasteiger partial charge < -0.3 is 10.2 Å². The number of hydrogen-bond acceptors (Lipinski definition) is 4. The Hall–Kier alpha value is -4.43. The van der Waals surface area contributed by atoms with Crippen LogP contribution < -0.4 is 9.62 Å². The van der Waals surface area contributed by atoms with Crippen LogP contribution >= 0.6 is 0 Å². The fourth-order valence-electron chi connectivity index (χ4n) is 4.82. The van der Waals surface area contributed by atoms with Crippen LogP contribution in [0, 0.1) is 6.92 Å². The number of carbonyl (C=O) groups excluding carboxylic acids is 2. The van der Waals surface area contributed by atoms with E-state index in [9.17, 15) is 18.0 Å². The molecule has 0 aliphatic heterocycles. The molecule has 4 aromatic carbocycles. The second-order valence-corrected chi connectivity index (χ2v) is 13.4. The second kappa shape index (κ2) is 13.7. The van der Waals surface area contributed by atoms with E-state index >= 15 is 0 Å². The minimum atomic E-state index is -4.11. The van der Waals surface area contributed by atoms with Crippen LogP contribution in [0.2, 0.25) is 0 Å². The van der Waals surface area contributed by atoms with Crippen LogP contribution in [0.4, 0.5) is 5.69 Å². The molecule has 0 aliphatic carbocycles. The molecule has 0 heterocycles. The van der Waals surface area contributed by atoms with E-state index in [4.69, 9.17) is 0 Å². The Labute approximate surface area is 255 Å². The SMILES string of the molecule is Cc1ccccc1CN(C(=O)CN(c1ccccc1)S(=O)(=O)c1ccccc1)[C@H](Cc1ccccc1)C(=O)NC(C)(C)C. The van der Waals surface area contributed by atoms with Crippen molar-refractivity contribution in [3.63, 3.8) is 0 Å². The van der Waals surface area contributed by atoms with E-state index in [1.165, 1.54) is 17.0 Å². The summed E-state index contributed by atoms with van der Waals surface area (Å²) in [6.07, 6.45) is 0.261. The molecule has 224 valence electrons. The molecule has 0 spiro atoms. The van der Waals surface area contributed by atoms with E-state index in [0.29, 0.717) is 5.69 Å². The molecule has 8 heteroatoms. The molecule has 0 radical (unpaired) electrons. The molecule has 2 amide bonds. The van der Waals surface area contributed by atoms with Crippen LogP contribution in [0.5, 0.6) is 0 Å². The number of benzene rings is 4. The van der Waals surface area contributed by atoms with Crippen molar-refractivity contribution >= 4 is 27.5 Å². The van der Waals surface area contributed by atoms with Crippen molar-refractivity contribution in [2.45, 2.75) is 57.1 Å². The van der Waals surface area contributed by atoms with Crippen molar-refractivity contribution in [1.82, 2.24) is 10.2 Å². The maximum atomic E-state index is 14.5. The maximum absolute atomic E-state index is 14.5. The first-order valence-corrected chi connectivity index (χ1v) is 15.7. The predicted molar refractivity (Wildman–Crippen MR) is 171 cm³/mol. The molecule has 0 unspecified atom stereocenters. The lowest BCUT2D eigenvalue weighted by Gasteiger charge is -2.35. The van der Waals surface area contributed by atoms with E-state index in [1.54, 1.807) is 48.5 Å². The minimum absolute atomic E-state index is 0.0726. The molecule has 0 saturated carbocycles. The van der Waals surface area contributed by atoms with Gasteiger partial charge in [0.2, 0.25) is 11.8 Å². The Morgan fingerprint density at radius 2 is 1.30 bits per heavy atom. The average Bonchev–Trinajstić information content (AvgIpc) is 2.99. The number of hydrogen-bond donors (Lipinski definition) is 1. The third-order valence-electron chi connectivity index (χ3n) is 7.03. The number of nitrogens with zero attached hydrogens (tertiary/aromatic N) is 2. The third-order valence-corrected chi connectivity index (χ3v) is 8.81. The number of carbonyl (C=O) groups is 2. The number of amides is 2. The monoisotopic (exact) mass is 597 g/mol. The fourth-order valence-corrected chi connectivity index (χ4v) is 6.26. The van der Waals surface area contributed by atoms with Crippen LogP contribution in [-0.4, -0.2) is 43.3 Å². The number of nitrogens with one attached hydrogen (secondary N) is 1. The van der Waals surface area contributed by atoms with Gasteiger partial charge in [0.05, 0.1) is 10.6 Å². The highest BCUT2D eigenvalue weighted by Crippen LogP contribution is 2.25. The fraction of sp³-hybridized carbons (Fsp3) is 0.257. The van der Waals surface area contributed by atoms with Gasteiger partial charge in [-0.25, -0.2) is 8.42 Å². The first-order chi connectivity index (χ1) is 20.5. The summed E-state index contributed by atoms with van der Waals surface area (Å²) in [6, 6.07) is 32.9. The summed E-state index contributed by atoms with van der Waals surface area (Å²) in [7, 11) is -4.11. The Morgan fingerprint density at radius 1 is 0.767 bits per heavy atom. The molecule has 0 saturated heterocycles. The van der Waals surface area contributed by atoms with Gasteiger partial charge in [-0.15, -0.1) is 0 Å². The summed E-state index contributed by atoms with van der Waals surface area (Å²) >= 11 is 0. The lowest BCUT2D eigenvalue weighted by atomic mass is 10.00. The molecular weight excluding hydrogens is 558 g/mol. The van der Waals surface area contributed by atoms with Crippen LogP contribution in [0.15, 0.2) is 120 Å². The lowest BCUT2D eigenvalue weighted by Crippen LogP contribution is -2.56. The largest absolute Gasteiger partial charge is 0.350 e. The van der Waals surface area contributed by atoms with E-state index in [0.717, 1.165) is 21.0 Å². The summed E-state index contributed by atoms with van der Waals surface area (Å²) in [5, 5.41) is 3.05. The highest BCUT2D eigenvalue weighted by molar-refractivity contribution is 7.92. The second-order valence-electron chi connectivity index (χ2n) is 11.6. The first kappa shape index (κ1) is 31.5. The van der Waals surface area contributed by atoms with Crippen molar-refractivity contribution in [2.75, 3.05) is 10.8 Å². The van der Waals surface area contributed by atoms with E-state index in [2.05, 4.69) is 5.32 Å². The van der Waals surface area contributed by atoms with Gasteiger partial charge in [-0.3, -0.25) is 13.9 Å². The molecule has 0 aromatic heterocycles. The summed E-state index contributed by atoms with van der Waals surface area (Å²) in [5.74, 6) is -0.799. The summed E-state index contributed by atoms with van der Waals surface area (Å²) in [6.45, 7) is 7.27. The molecule has 4 aromatic rings. The number of aryl methyl sites for hydroxylation is 1. The Balaban J connectivity index is 1.80. The van der Waals surface area contributed by atoms with Gasteiger partial charge in [0.1, 0.15) is 12.6 Å². The number of rotatable bonds is 11. The zero-order valence-corrected chi connectivity index (χ0v) is 25.9. The number of sulfonamides is 1. The molecule has 1 N–H and O–H groups in total. The third kappa shape index (κ3) is 8.32. The quantitative estimate of drug-likeness (QED) is 0.239.